The van der Waals surface area contributed by atoms with Crippen molar-refractivity contribution in [3.8, 4) is 23.0 Å². The maximum Gasteiger partial charge on any atom is 0.472 e. The van der Waals surface area contributed by atoms with Crippen LogP contribution in [0.5, 0.6) is 0 Å². The van der Waals surface area contributed by atoms with Gasteiger partial charge in [0.25, 0.3) is 0 Å². The highest BCUT2D eigenvalue weighted by Gasteiger charge is 2.25. The quantitative estimate of drug-likeness (QED) is 0.333. The normalized spacial score (nSPS) is 13.5. The first kappa shape index (κ1) is 24.9. The third-order valence-electron chi connectivity index (χ3n) is 4.74. The fourth-order valence-electron chi connectivity index (χ4n) is 3.04. The van der Waals surface area contributed by atoms with E-state index in [-0.39, 0.29) is 13.2 Å². The van der Waals surface area contributed by atoms with Gasteiger partial charge in [0, 0.05) is 25.3 Å². The second-order valence-electron chi connectivity index (χ2n) is 7.24. The minimum atomic E-state index is -4.11. The van der Waals surface area contributed by atoms with E-state index in [1.54, 1.807) is 0 Å². The van der Waals surface area contributed by atoms with E-state index in [1.807, 2.05) is 54.6 Å². The summed E-state index contributed by atoms with van der Waals surface area (Å²) in [5.74, 6) is 6.36. The maximum absolute atomic E-state index is 11.6. The second kappa shape index (κ2) is 12.5. The van der Waals surface area contributed by atoms with Crippen molar-refractivity contribution in [1.82, 2.24) is 0 Å². The van der Waals surface area contributed by atoms with Gasteiger partial charge < -0.3 is 14.4 Å². The molecule has 3 rings (SSSR count). The highest BCUT2D eigenvalue weighted by molar-refractivity contribution is 7.47. The minimum Gasteiger partial charge on any atom is -0.382 e. The molecule has 0 saturated carbocycles. The summed E-state index contributed by atoms with van der Waals surface area (Å²) >= 11 is 0. The average Bonchev–Trinajstić information content (AvgIpc) is 2.84. The molecule has 0 heterocycles. The molecule has 3 aromatic carbocycles. The number of phosphoric acid groups is 1. The van der Waals surface area contributed by atoms with Gasteiger partial charge in [-0.25, -0.2) is 4.57 Å². The lowest BCUT2D eigenvalue weighted by molar-refractivity contribution is -0.0135. The zero-order valence-corrected chi connectivity index (χ0v) is 19.5. The van der Waals surface area contributed by atoms with Crippen LogP contribution in [0.2, 0.25) is 0 Å². The summed E-state index contributed by atoms with van der Waals surface area (Å²) < 4.78 is 31.6. The molecule has 0 bridgehead atoms. The van der Waals surface area contributed by atoms with E-state index in [0.717, 1.165) is 29.4 Å². The molecule has 0 spiro atoms. The summed E-state index contributed by atoms with van der Waals surface area (Å²) in [6, 6.07) is 26.1. The van der Waals surface area contributed by atoms with Crippen molar-refractivity contribution in [1.29, 1.82) is 0 Å². The van der Waals surface area contributed by atoms with Crippen molar-refractivity contribution in [3.63, 3.8) is 0 Å². The standard InChI is InChI=1S/C26H27O6P/c1-29-19-26(32-33(27,28)30-2)20-31-18-23-12-10-21(11-13-23)8-9-22-14-16-25(17-15-22)24-6-4-3-5-7-24/h3-7,10-17,26H,18-20H2,1-2H3,(H,27,28)/t26-/m1/s1. The van der Waals surface area contributed by atoms with Crippen LogP contribution in [-0.2, 0) is 29.7 Å². The summed E-state index contributed by atoms with van der Waals surface area (Å²) in [5, 5.41) is 0. The van der Waals surface area contributed by atoms with Gasteiger partial charge in [-0.3, -0.25) is 9.05 Å². The van der Waals surface area contributed by atoms with Gasteiger partial charge in [0.15, 0.2) is 0 Å². The summed E-state index contributed by atoms with van der Waals surface area (Å²) in [6.45, 7) is 0.512. The van der Waals surface area contributed by atoms with Gasteiger partial charge in [-0.2, -0.15) is 0 Å². The van der Waals surface area contributed by atoms with Gasteiger partial charge in [0.1, 0.15) is 6.10 Å². The minimum absolute atomic E-state index is 0.0856. The molecule has 0 aliphatic carbocycles. The van der Waals surface area contributed by atoms with Crippen LogP contribution in [-0.4, -0.2) is 38.4 Å². The third kappa shape index (κ3) is 8.27. The summed E-state index contributed by atoms with van der Waals surface area (Å²) in [7, 11) is -1.52. The Kier molecular flexibility index (Phi) is 9.41. The number of ether oxygens (including phenoxy) is 2. The first-order chi connectivity index (χ1) is 16.0. The van der Waals surface area contributed by atoms with Crippen LogP contribution in [0, 0.1) is 11.8 Å². The van der Waals surface area contributed by atoms with Crippen LogP contribution in [0.15, 0.2) is 78.9 Å². The van der Waals surface area contributed by atoms with Gasteiger partial charge in [-0.15, -0.1) is 0 Å². The Bertz CT molecular complexity index is 1100. The van der Waals surface area contributed by atoms with Crippen LogP contribution in [0.1, 0.15) is 16.7 Å². The van der Waals surface area contributed by atoms with Gasteiger partial charge >= 0.3 is 7.82 Å². The van der Waals surface area contributed by atoms with E-state index in [9.17, 15) is 9.46 Å². The van der Waals surface area contributed by atoms with Crippen molar-refractivity contribution in [2.45, 2.75) is 12.7 Å². The predicted octanol–water partition coefficient (Wildman–Crippen LogP) is 5.05. The Hall–Kier alpha value is -2.75. The van der Waals surface area contributed by atoms with E-state index >= 15 is 0 Å². The van der Waals surface area contributed by atoms with Gasteiger partial charge in [-0.05, 0) is 41.0 Å². The Morgan fingerprint density at radius 3 is 1.97 bits per heavy atom. The van der Waals surface area contributed by atoms with Crippen molar-refractivity contribution in [3.05, 3.63) is 95.6 Å². The lowest BCUT2D eigenvalue weighted by atomic mass is 10.0. The molecular weight excluding hydrogens is 439 g/mol. The maximum atomic E-state index is 11.6. The first-order valence-electron chi connectivity index (χ1n) is 10.4. The summed E-state index contributed by atoms with van der Waals surface area (Å²) in [6.07, 6.45) is -0.718. The largest absolute Gasteiger partial charge is 0.472 e. The van der Waals surface area contributed by atoms with Gasteiger partial charge in [0.2, 0.25) is 0 Å². The second-order valence-corrected chi connectivity index (χ2v) is 8.75. The number of phosphoric ester groups is 1. The number of methoxy groups -OCH3 is 1. The first-order valence-corrected chi connectivity index (χ1v) is 11.9. The topological polar surface area (TPSA) is 74.2 Å². The average molecular weight is 466 g/mol. The molecule has 0 aliphatic heterocycles. The van der Waals surface area contributed by atoms with Crippen molar-refractivity contribution in [2.75, 3.05) is 27.4 Å². The van der Waals surface area contributed by atoms with Crippen LogP contribution in [0.25, 0.3) is 11.1 Å². The highest BCUT2D eigenvalue weighted by Crippen LogP contribution is 2.43. The zero-order chi connectivity index (χ0) is 23.5. The highest BCUT2D eigenvalue weighted by atomic mass is 31.2. The summed E-state index contributed by atoms with van der Waals surface area (Å²) in [4.78, 5) is 9.45. The van der Waals surface area contributed by atoms with E-state index in [0.29, 0.717) is 6.61 Å². The van der Waals surface area contributed by atoms with Crippen LogP contribution in [0.3, 0.4) is 0 Å². The van der Waals surface area contributed by atoms with E-state index in [4.69, 9.17) is 14.0 Å². The molecule has 0 aliphatic rings. The molecule has 172 valence electrons. The molecule has 0 fully saturated rings. The molecule has 0 saturated heterocycles. The SMILES string of the molecule is COC[C@H](COCc1ccc(C#Cc2ccc(-c3ccccc3)cc2)cc1)OP(=O)(O)OC. The van der Waals surface area contributed by atoms with Crippen LogP contribution in [0.4, 0.5) is 0 Å². The molecule has 33 heavy (non-hydrogen) atoms. The van der Waals surface area contributed by atoms with Crippen molar-refractivity contribution in [2.24, 2.45) is 0 Å². The Balaban J connectivity index is 1.52. The number of hydrogen-bond acceptors (Lipinski definition) is 5. The van der Waals surface area contributed by atoms with Crippen molar-refractivity contribution >= 4 is 7.82 Å². The van der Waals surface area contributed by atoms with Crippen LogP contribution < -0.4 is 0 Å². The lowest BCUT2D eigenvalue weighted by Crippen LogP contribution is -2.24. The molecule has 1 N–H and O–H groups in total. The number of rotatable bonds is 10. The molecule has 3 aromatic rings. The van der Waals surface area contributed by atoms with E-state index in [2.05, 4.69) is 40.6 Å². The molecule has 0 radical (unpaired) electrons. The van der Waals surface area contributed by atoms with E-state index < -0.39 is 13.9 Å². The molecule has 0 amide bonds. The van der Waals surface area contributed by atoms with Gasteiger partial charge in [-0.1, -0.05) is 66.4 Å². The molecule has 2 atom stereocenters. The van der Waals surface area contributed by atoms with Crippen LogP contribution >= 0.6 is 7.82 Å². The van der Waals surface area contributed by atoms with E-state index in [1.165, 1.54) is 12.7 Å². The number of hydrogen-bond donors (Lipinski definition) is 1. The third-order valence-corrected chi connectivity index (χ3v) is 5.76. The molecular formula is C26H27O6P. The Labute approximate surface area is 194 Å². The smallest absolute Gasteiger partial charge is 0.382 e. The molecule has 1 unspecified atom stereocenters. The Morgan fingerprint density at radius 2 is 1.39 bits per heavy atom. The fraction of sp³-hybridized carbons (Fsp3) is 0.231. The zero-order valence-electron chi connectivity index (χ0n) is 18.6. The molecule has 0 aromatic heterocycles. The summed E-state index contributed by atoms with van der Waals surface area (Å²) in [5.41, 5.74) is 5.13. The fourth-order valence-corrected chi connectivity index (χ4v) is 3.62. The Morgan fingerprint density at radius 1 is 0.818 bits per heavy atom. The molecule has 6 nitrogen and oxygen atoms in total. The lowest BCUT2D eigenvalue weighted by Gasteiger charge is -2.19. The van der Waals surface area contributed by atoms with Crippen molar-refractivity contribution < 1.29 is 28.0 Å². The molecule has 7 heteroatoms. The monoisotopic (exact) mass is 466 g/mol. The van der Waals surface area contributed by atoms with Gasteiger partial charge in [0.05, 0.1) is 19.8 Å². The number of benzene rings is 3. The predicted molar refractivity (Wildman–Crippen MR) is 128 cm³/mol.